The van der Waals surface area contributed by atoms with E-state index in [1.165, 1.54) is 17.0 Å². The maximum absolute atomic E-state index is 13.5. The number of nitrogens with one attached hydrogen (secondary N) is 2. The number of para-hydroxylation sites is 2. The summed E-state index contributed by atoms with van der Waals surface area (Å²) in [6.45, 7) is 1.83. The molecule has 3 amide bonds. The van der Waals surface area contributed by atoms with Gasteiger partial charge in [0.1, 0.15) is 6.04 Å². The Hall–Kier alpha value is -4.14. The van der Waals surface area contributed by atoms with Gasteiger partial charge in [0.05, 0.1) is 23.4 Å². The molecule has 0 aromatic heterocycles. The van der Waals surface area contributed by atoms with Gasteiger partial charge in [0, 0.05) is 11.3 Å². The average Bonchev–Trinajstić information content (AvgIpc) is 2.79. The molecule has 4 rings (SSSR count). The molecule has 3 aromatic rings. The molecule has 0 radical (unpaired) electrons. The van der Waals surface area contributed by atoms with Crippen molar-refractivity contribution in [2.24, 2.45) is 0 Å². The number of hydrogen-bond acceptors (Lipinski definition) is 3. The fraction of sp³-hybridized carbons (Fsp3) is 0.160. The van der Waals surface area contributed by atoms with Crippen LogP contribution in [0.1, 0.15) is 27.9 Å². The van der Waals surface area contributed by atoms with Crippen molar-refractivity contribution in [2.75, 3.05) is 15.5 Å². The van der Waals surface area contributed by atoms with Crippen LogP contribution in [0.4, 0.5) is 30.2 Å². The van der Waals surface area contributed by atoms with Crippen molar-refractivity contribution in [3.05, 3.63) is 89.5 Å². The predicted octanol–water partition coefficient (Wildman–Crippen LogP) is 5.01. The average molecular weight is 467 g/mol. The Bertz CT molecular complexity index is 1270. The molecule has 1 aliphatic heterocycles. The number of carbonyl (C=O) groups excluding carboxylic acids is 3. The summed E-state index contributed by atoms with van der Waals surface area (Å²) >= 11 is 0. The van der Waals surface area contributed by atoms with E-state index in [1.54, 1.807) is 42.5 Å². The van der Waals surface area contributed by atoms with Crippen molar-refractivity contribution in [3.63, 3.8) is 0 Å². The molecule has 174 valence electrons. The lowest BCUT2D eigenvalue weighted by atomic mass is 10.0. The summed E-state index contributed by atoms with van der Waals surface area (Å²) in [5, 5.41) is 5.09. The Balaban J connectivity index is 1.63. The lowest BCUT2D eigenvalue weighted by Gasteiger charge is -2.36. The van der Waals surface area contributed by atoms with Gasteiger partial charge in [0.2, 0.25) is 11.8 Å². The second kappa shape index (κ2) is 9.01. The van der Waals surface area contributed by atoms with Crippen LogP contribution in [0.3, 0.4) is 0 Å². The highest BCUT2D eigenvalue weighted by atomic mass is 19.4. The van der Waals surface area contributed by atoms with E-state index in [-0.39, 0.29) is 5.69 Å². The smallest absolute Gasteiger partial charge is 0.326 e. The van der Waals surface area contributed by atoms with Gasteiger partial charge in [-0.15, -0.1) is 0 Å². The quantitative estimate of drug-likeness (QED) is 0.566. The topological polar surface area (TPSA) is 78.5 Å². The minimum absolute atomic E-state index is 0.0620. The molecular formula is C25H20F3N3O3. The zero-order valence-corrected chi connectivity index (χ0v) is 18.0. The fourth-order valence-electron chi connectivity index (χ4n) is 3.80. The first-order chi connectivity index (χ1) is 16.1. The number of alkyl halides is 3. The van der Waals surface area contributed by atoms with Gasteiger partial charge < -0.3 is 10.6 Å². The van der Waals surface area contributed by atoms with Gasteiger partial charge in [-0.25, -0.2) is 0 Å². The minimum Gasteiger partial charge on any atom is -0.326 e. The number of anilines is 3. The number of hydrogen-bond donors (Lipinski definition) is 2. The summed E-state index contributed by atoms with van der Waals surface area (Å²) in [7, 11) is 0. The minimum atomic E-state index is -4.56. The summed E-state index contributed by atoms with van der Waals surface area (Å²) in [5.74, 6) is -1.75. The van der Waals surface area contributed by atoms with Crippen molar-refractivity contribution in [1.82, 2.24) is 0 Å². The predicted molar refractivity (Wildman–Crippen MR) is 122 cm³/mol. The second-order valence-corrected chi connectivity index (χ2v) is 7.90. The Labute approximate surface area is 193 Å². The SMILES string of the molecule is Cc1cccc(C(=O)N2c3ccccc3NC(=O)[C@H]2CC(=O)Nc2cccc(C(F)(F)F)c2)c1. The molecule has 1 atom stereocenters. The van der Waals surface area contributed by atoms with Gasteiger partial charge in [-0.3, -0.25) is 19.3 Å². The highest BCUT2D eigenvalue weighted by molar-refractivity contribution is 6.17. The number of halogens is 3. The van der Waals surface area contributed by atoms with Gasteiger partial charge in [-0.05, 0) is 49.4 Å². The van der Waals surface area contributed by atoms with E-state index in [2.05, 4.69) is 10.6 Å². The Morgan fingerprint density at radius 1 is 1.00 bits per heavy atom. The highest BCUT2D eigenvalue weighted by Crippen LogP contribution is 2.35. The third-order valence-electron chi connectivity index (χ3n) is 5.37. The number of carbonyl (C=O) groups is 3. The standard InChI is InChI=1S/C25H20F3N3O3/c1-15-6-4-7-16(12-15)24(34)31-20-11-3-2-10-19(20)30-23(33)21(31)14-22(32)29-18-9-5-8-17(13-18)25(26,27)28/h2-13,21H,14H2,1H3,(H,29,32)(H,30,33)/t21-/m1/s1. The monoisotopic (exact) mass is 467 g/mol. The molecule has 0 unspecified atom stereocenters. The van der Waals surface area contributed by atoms with Crippen LogP contribution in [0.25, 0.3) is 0 Å². The molecule has 1 heterocycles. The van der Waals surface area contributed by atoms with Crippen LogP contribution in [0.2, 0.25) is 0 Å². The van der Waals surface area contributed by atoms with E-state index >= 15 is 0 Å². The van der Waals surface area contributed by atoms with E-state index in [9.17, 15) is 27.6 Å². The number of fused-ring (bicyclic) bond motifs is 1. The van der Waals surface area contributed by atoms with E-state index < -0.39 is 41.9 Å². The molecule has 0 spiro atoms. The Kier molecular flexibility index (Phi) is 6.10. The zero-order valence-electron chi connectivity index (χ0n) is 18.0. The van der Waals surface area contributed by atoms with E-state index in [4.69, 9.17) is 0 Å². The second-order valence-electron chi connectivity index (χ2n) is 7.90. The van der Waals surface area contributed by atoms with Crippen molar-refractivity contribution in [3.8, 4) is 0 Å². The van der Waals surface area contributed by atoms with Crippen LogP contribution >= 0.6 is 0 Å². The first kappa shape index (κ1) is 23.0. The number of benzene rings is 3. The van der Waals surface area contributed by atoms with E-state index in [1.807, 2.05) is 13.0 Å². The third-order valence-corrected chi connectivity index (χ3v) is 5.37. The Morgan fingerprint density at radius 2 is 1.74 bits per heavy atom. The van der Waals surface area contributed by atoms with Crippen molar-refractivity contribution in [2.45, 2.75) is 25.6 Å². The Morgan fingerprint density at radius 3 is 2.47 bits per heavy atom. The highest BCUT2D eigenvalue weighted by Gasteiger charge is 2.38. The summed E-state index contributed by atoms with van der Waals surface area (Å²) in [4.78, 5) is 40.4. The third kappa shape index (κ3) is 4.78. The molecule has 0 fully saturated rings. The van der Waals surface area contributed by atoms with E-state index in [0.717, 1.165) is 17.7 Å². The maximum Gasteiger partial charge on any atom is 0.416 e. The summed E-state index contributed by atoms with van der Waals surface area (Å²) in [6, 6.07) is 16.5. The normalized spacial score (nSPS) is 15.4. The lowest BCUT2D eigenvalue weighted by molar-refractivity contribution is -0.137. The maximum atomic E-state index is 13.5. The molecule has 6 nitrogen and oxygen atoms in total. The van der Waals surface area contributed by atoms with Crippen LogP contribution in [0.5, 0.6) is 0 Å². The molecular weight excluding hydrogens is 447 g/mol. The molecule has 2 N–H and O–H groups in total. The molecule has 3 aromatic carbocycles. The van der Waals surface area contributed by atoms with Gasteiger partial charge in [0.25, 0.3) is 5.91 Å². The molecule has 0 aliphatic carbocycles. The van der Waals surface area contributed by atoms with Gasteiger partial charge >= 0.3 is 6.18 Å². The molecule has 34 heavy (non-hydrogen) atoms. The molecule has 0 bridgehead atoms. The summed E-state index contributed by atoms with van der Waals surface area (Å²) in [5.41, 5.74) is 1.06. The van der Waals surface area contributed by atoms with Crippen molar-refractivity contribution < 1.29 is 27.6 Å². The van der Waals surface area contributed by atoms with Crippen molar-refractivity contribution in [1.29, 1.82) is 0 Å². The number of aryl methyl sites for hydroxylation is 1. The number of amides is 3. The van der Waals surface area contributed by atoms with Crippen LogP contribution in [-0.4, -0.2) is 23.8 Å². The molecule has 0 saturated carbocycles. The first-order valence-corrected chi connectivity index (χ1v) is 10.4. The van der Waals surface area contributed by atoms with Gasteiger partial charge in [-0.2, -0.15) is 13.2 Å². The summed E-state index contributed by atoms with van der Waals surface area (Å²) < 4.78 is 39.0. The van der Waals surface area contributed by atoms with Crippen LogP contribution in [-0.2, 0) is 15.8 Å². The molecule has 0 saturated heterocycles. The number of nitrogens with zero attached hydrogens (tertiary/aromatic N) is 1. The van der Waals surface area contributed by atoms with Crippen LogP contribution < -0.4 is 15.5 Å². The van der Waals surface area contributed by atoms with Crippen LogP contribution in [0.15, 0.2) is 72.8 Å². The van der Waals surface area contributed by atoms with Crippen molar-refractivity contribution >= 4 is 34.8 Å². The first-order valence-electron chi connectivity index (χ1n) is 10.4. The largest absolute Gasteiger partial charge is 0.416 e. The number of rotatable bonds is 4. The molecule has 9 heteroatoms. The van der Waals surface area contributed by atoms with E-state index in [0.29, 0.717) is 16.9 Å². The zero-order chi connectivity index (χ0) is 24.5. The summed E-state index contributed by atoms with van der Waals surface area (Å²) in [6.07, 6.45) is -5.02. The van der Waals surface area contributed by atoms with Gasteiger partial charge in [-0.1, -0.05) is 35.9 Å². The molecule has 1 aliphatic rings. The van der Waals surface area contributed by atoms with Crippen LogP contribution in [0, 0.1) is 6.92 Å². The lowest BCUT2D eigenvalue weighted by Crippen LogP contribution is -2.52. The fourth-order valence-corrected chi connectivity index (χ4v) is 3.80. The van der Waals surface area contributed by atoms with Gasteiger partial charge in [0.15, 0.2) is 0 Å².